The van der Waals surface area contributed by atoms with Crippen LogP contribution in [0.15, 0.2) is 24.3 Å². The third kappa shape index (κ3) is 8.42. The number of rotatable bonds is 3. The van der Waals surface area contributed by atoms with Gasteiger partial charge in [-0.3, -0.25) is 4.67 Å². The molecule has 0 unspecified atom stereocenters. The van der Waals surface area contributed by atoms with Gasteiger partial charge in [0.1, 0.15) is 13.7 Å². The predicted molar refractivity (Wildman–Crippen MR) is 108 cm³/mol. The molecule has 1 aromatic rings. The van der Waals surface area contributed by atoms with Crippen LogP contribution in [0.3, 0.4) is 0 Å². The molecular formula is C19H30NO3PSi. The first-order valence-electron chi connectivity index (χ1n) is 8.35. The lowest BCUT2D eigenvalue weighted by atomic mass is 10.1. The summed E-state index contributed by atoms with van der Waals surface area (Å²) in [7, 11) is -4.20. The second-order valence-electron chi connectivity index (χ2n) is 8.53. The Bertz CT molecular complexity index is 712. The summed E-state index contributed by atoms with van der Waals surface area (Å²) >= 11 is 0. The van der Waals surface area contributed by atoms with Crippen molar-refractivity contribution in [3.05, 3.63) is 35.4 Å². The van der Waals surface area contributed by atoms with Gasteiger partial charge in [0.05, 0.1) is 6.54 Å². The molecule has 1 rings (SSSR count). The molecule has 0 heterocycles. The fourth-order valence-electron chi connectivity index (χ4n) is 1.87. The Morgan fingerprint density at radius 1 is 1.16 bits per heavy atom. The van der Waals surface area contributed by atoms with Crippen LogP contribution in [-0.4, -0.2) is 37.8 Å². The molecule has 1 aromatic carbocycles. The van der Waals surface area contributed by atoms with Gasteiger partial charge in [0.15, 0.2) is 7.29 Å². The summed E-state index contributed by atoms with van der Waals surface area (Å²) in [6.07, 6.45) is -0.552. The number of ether oxygens (including phenoxy) is 1. The number of nitrogens with zero attached hydrogens (tertiary/aromatic N) is 1. The highest BCUT2D eigenvalue weighted by molar-refractivity contribution is 7.60. The second kappa shape index (κ2) is 7.80. The zero-order valence-electron chi connectivity index (χ0n) is 16.6. The van der Waals surface area contributed by atoms with Crippen molar-refractivity contribution in [2.75, 3.05) is 13.3 Å². The lowest BCUT2D eigenvalue weighted by Gasteiger charge is -2.30. The maximum Gasteiger partial charge on any atom is 0.416 e. The summed E-state index contributed by atoms with van der Waals surface area (Å²) in [5.74, 6) is 3.20. The summed E-state index contributed by atoms with van der Waals surface area (Å²) in [5, 5.41) is 0. The van der Waals surface area contributed by atoms with Crippen molar-refractivity contribution >= 4 is 21.5 Å². The maximum atomic E-state index is 12.5. The molecule has 0 bridgehead atoms. The van der Waals surface area contributed by atoms with Crippen LogP contribution in [0.4, 0.5) is 4.79 Å². The SMILES string of the molecule is CC(C)(C)OC(=O)N(Cc1ccc(C#C[Si](C)(C)C)cc1)P(C)(C)=O. The molecule has 0 aliphatic heterocycles. The van der Waals surface area contributed by atoms with E-state index < -0.39 is 27.1 Å². The van der Waals surface area contributed by atoms with E-state index in [0.29, 0.717) is 0 Å². The minimum Gasteiger partial charge on any atom is -0.443 e. The number of carbonyl (C=O) groups is 1. The van der Waals surface area contributed by atoms with Crippen LogP contribution in [0.2, 0.25) is 19.6 Å². The Morgan fingerprint density at radius 3 is 2.08 bits per heavy atom. The van der Waals surface area contributed by atoms with E-state index in [1.165, 1.54) is 4.67 Å². The van der Waals surface area contributed by atoms with Crippen molar-refractivity contribution in [3.63, 3.8) is 0 Å². The highest BCUT2D eigenvalue weighted by Gasteiger charge is 2.30. The number of amides is 1. The average molecular weight is 380 g/mol. The van der Waals surface area contributed by atoms with Crippen LogP contribution in [0.25, 0.3) is 0 Å². The van der Waals surface area contributed by atoms with Gasteiger partial charge in [-0.25, -0.2) is 4.79 Å². The van der Waals surface area contributed by atoms with Gasteiger partial charge in [0.25, 0.3) is 0 Å². The molecule has 0 aliphatic rings. The van der Waals surface area contributed by atoms with Gasteiger partial charge < -0.3 is 9.30 Å². The Hall–Kier alpha value is -1.50. The van der Waals surface area contributed by atoms with Gasteiger partial charge in [0, 0.05) is 18.9 Å². The van der Waals surface area contributed by atoms with Gasteiger partial charge >= 0.3 is 6.09 Å². The molecule has 0 saturated heterocycles. The fourth-order valence-corrected chi connectivity index (χ4v) is 3.33. The fraction of sp³-hybridized carbons (Fsp3) is 0.526. The van der Waals surface area contributed by atoms with E-state index in [9.17, 15) is 9.36 Å². The topological polar surface area (TPSA) is 46.6 Å². The summed E-state index contributed by atoms with van der Waals surface area (Å²) in [5.41, 5.74) is 4.55. The van der Waals surface area contributed by atoms with Gasteiger partial charge in [-0.15, -0.1) is 5.54 Å². The molecule has 6 heteroatoms. The number of benzene rings is 1. The molecule has 0 fully saturated rings. The van der Waals surface area contributed by atoms with Crippen LogP contribution in [0, 0.1) is 11.5 Å². The zero-order valence-corrected chi connectivity index (χ0v) is 18.5. The second-order valence-corrected chi connectivity index (χ2v) is 16.3. The van der Waals surface area contributed by atoms with E-state index >= 15 is 0 Å². The largest absolute Gasteiger partial charge is 0.443 e. The minimum atomic E-state index is -2.79. The third-order valence-corrected chi connectivity index (χ3v) is 5.40. The van der Waals surface area contributed by atoms with Gasteiger partial charge in [-0.1, -0.05) is 37.7 Å². The quantitative estimate of drug-likeness (QED) is 0.412. The standard InChI is InChI=1S/C19H30NO3PSi/c1-19(2,3)23-18(21)20(24(4,5)22)15-17-11-9-16(10-12-17)13-14-25(6,7)8/h9-12H,15H2,1-8H3. The van der Waals surface area contributed by atoms with Crippen LogP contribution >= 0.6 is 7.29 Å². The predicted octanol–water partition coefficient (Wildman–Crippen LogP) is 5.19. The normalized spacial score (nSPS) is 12.2. The van der Waals surface area contributed by atoms with Crippen molar-refractivity contribution in [1.29, 1.82) is 0 Å². The molecule has 0 N–H and O–H groups in total. The molecule has 138 valence electrons. The van der Waals surface area contributed by atoms with Crippen molar-refractivity contribution in [3.8, 4) is 11.5 Å². The monoisotopic (exact) mass is 379 g/mol. The van der Waals surface area contributed by atoms with Crippen molar-refractivity contribution in [2.45, 2.75) is 52.6 Å². The molecule has 1 amide bonds. The van der Waals surface area contributed by atoms with E-state index in [1.807, 2.05) is 24.3 Å². The van der Waals surface area contributed by atoms with E-state index in [-0.39, 0.29) is 6.54 Å². The first kappa shape index (κ1) is 21.5. The van der Waals surface area contributed by atoms with Gasteiger partial charge in [-0.05, 0) is 38.5 Å². The van der Waals surface area contributed by atoms with E-state index in [1.54, 1.807) is 34.1 Å². The minimum absolute atomic E-state index is 0.251. The molecule has 4 nitrogen and oxygen atoms in total. The van der Waals surface area contributed by atoms with Crippen molar-refractivity contribution in [1.82, 2.24) is 4.67 Å². The van der Waals surface area contributed by atoms with E-state index in [4.69, 9.17) is 4.74 Å². The van der Waals surface area contributed by atoms with Gasteiger partial charge in [0.2, 0.25) is 0 Å². The van der Waals surface area contributed by atoms with Crippen LogP contribution in [-0.2, 0) is 15.8 Å². The average Bonchev–Trinajstić information content (AvgIpc) is 2.39. The van der Waals surface area contributed by atoms with Crippen LogP contribution in [0.5, 0.6) is 0 Å². The Morgan fingerprint density at radius 2 is 1.68 bits per heavy atom. The molecule has 0 saturated carbocycles. The molecule has 0 aliphatic carbocycles. The Kier molecular flexibility index (Phi) is 6.72. The number of hydrogen-bond donors (Lipinski definition) is 0. The summed E-state index contributed by atoms with van der Waals surface area (Å²) in [4.78, 5) is 12.4. The molecule has 0 atom stereocenters. The maximum absolute atomic E-state index is 12.5. The van der Waals surface area contributed by atoms with E-state index in [0.717, 1.165) is 11.1 Å². The Balaban J connectivity index is 2.97. The van der Waals surface area contributed by atoms with Crippen LogP contribution in [0.1, 0.15) is 31.9 Å². The molecule has 0 radical (unpaired) electrons. The summed E-state index contributed by atoms with van der Waals surface area (Å²) in [6, 6.07) is 7.71. The first-order valence-corrected chi connectivity index (χ1v) is 14.4. The highest BCUT2D eigenvalue weighted by atomic mass is 31.2. The van der Waals surface area contributed by atoms with Crippen molar-refractivity contribution in [2.24, 2.45) is 0 Å². The summed E-state index contributed by atoms with van der Waals surface area (Å²) < 4.78 is 19.2. The summed E-state index contributed by atoms with van der Waals surface area (Å²) in [6.45, 7) is 15.4. The van der Waals surface area contributed by atoms with Crippen molar-refractivity contribution < 1.29 is 14.1 Å². The Labute approximate surface area is 153 Å². The number of carbonyl (C=O) groups excluding carboxylic acids is 1. The van der Waals surface area contributed by atoms with Gasteiger partial charge in [-0.2, -0.15) is 0 Å². The molecule has 0 aromatic heterocycles. The molecular weight excluding hydrogens is 349 g/mol. The zero-order chi connectivity index (χ0) is 19.5. The lowest BCUT2D eigenvalue weighted by molar-refractivity contribution is 0.0379. The first-order chi connectivity index (χ1) is 11.2. The number of hydrogen-bond acceptors (Lipinski definition) is 3. The smallest absolute Gasteiger partial charge is 0.416 e. The third-order valence-electron chi connectivity index (χ3n) is 3.05. The highest BCUT2D eigenvalue weighted by Crippen LogP contribution is 2.43. The molecule has 25 heavy (non-hydrogen) atoms. The van der Waals surface area contributed by atoms with E-state index in [2.05, 4.69) is 31.1 Å². The van der Waals surface area contributed by atoms with Crippen LogP contribution < -0.4 is 0 Å². The lowest BCUT2D eigenvalue weighted by Crippen LogP contribution is -2.34. The molecule has 0 spiro atoms.